The molecule has 0 saturated heterocycles. The van der Waals surface area contributed by atoms with Crippen LogP contribution in [0, 0.1) is 0 Å². The number of rotatable bonds is 1. The normalized spacial score (nSPS) is 15.1. The minimum Gasteiger partial charge on any atom is -0.497 e. The van der Waals surface area contributed by atoms with Gasteiger partial charge < -0.3 is 4.74 Å². The molecule has 1 heterocycles. The predicted molar refractivity (Wildman–Crippen MR) is 80.2 cm³/mol. The third-order valence-corrected chi connectivity index (χ3v) is 7.65. The Morgan fingerprint density at radius 1 is 0.944 bits per heavy atom. The van der Waals surface area contributed by atoms with Crippen molar-refractivity contribution in [2.24, 2.45) is 0 Å². The highest BCUT2D eigenvalue weighted by Crippen LogP contribution is 2.32. The SMILES string of the molecule is COc1ccc2c(c1)-c1cc(Cl)ccc1[Si]2(C)C. The molecule has 0 radical (unpaired) electrons. The standard InChI is InChI=1S/C15H15ClOSi/c1-17-11-5-7-15-13(9-11)12-8-10(16)4-6-14(12)18(15,2)3/h4-9H,1-3H3. The molecule has 1 aliphatic rings. The van der Waals surface area contributed by atoms with Crippen molar-refractivity contribution in [2.45, 2.75) is 13.1 Å². The summed E-state index contributed by atoms with van der Waals surface area (Å²) in [7, 11) is 0.152. The smallest absolute Gasteiger partial charge is 0.119 e. The van der Waals surface area contributed by atoms with E-state index in [2.05, 4.69) is 43.4 Å². The van der Waals surface area contributed by atoms with Crippen LogP contribution < -0.4 is 15.1 Å². The summed E-state index contributed by atoms with van der Waals surface area (Å²) >= 11 is 6.14. The van der Waals surface area contributed by atoms with Crippen molar-refractivity contribution in [3.8, 4) is 16.9 Å². The summed E-state index contributed by atoms with van der Waals surface area (Å²) in [5.41, 5.74) is 2.58. The highest BCUT2D eigenvalue weighted by molar-refractivity contribution is 7.03. The molecule has 0 fully saturated rings. The number of hydrogen-bond donors (Lipinski definition) is 0. The van der Waals surface area contributed by atoms with Crippen LogP contribution in [0.25, 0.3) is 11.1 Å². The molecule has 0 unspecified atom stereocenters. The molecule has 18 heavy (non-hydrogen) atoms. The topological polar surface area (TPSA) is 9.23 Å². The van der Waals surface area contributed by atoms with E-state index < -0.39 is 8.07 Å². The van der Waals surface area contributed by atoms with Crippen LogP contribution >= 0.6 is 11.6 Å². The lowest BCUT2D eigenvalue weighted by Crippen LogP contribution is -2.49. The van der Waals surface area contributed by atoms with Gasteiger partial charge in [-0.15, -0.1) is 0 Å². The van der Waals surface area contributed by atoms with E-state index >= 15 is 0 Å². The van der Waals surface area contributed by atoms with Crippen LogP contribution in [0.3, 0.4) is 0 Å². The van der Waals surface area contributed by atoms with Crippen LogP contribution in [0.4, 0.5) is 0 Å². The van der Waals surface area contributed by atoms with Crippen LogP contribution in [0.1, 0.15) is 0 Å². The Morgan fingerprint density at radius 3 is 2.22 bits per heavy atom. The fourth-order valence-corrected chi connectivity index (χ4v) is 6.07. The van der Waals surface area contributed by atoms with Gasteiger partial charge in [0.15, 0.2) is 0 Å². The van der Waals surface area contributed by atoms with Crippen LogP contribution in [0.15, 0.2) is 36.4 Å². The third-order valence-electron chi connectivity index (χ3n) is 3.85. The average molecular weight is 275 g/mol. The maximum atomic E-state index is 6.14. The minimum atomic E-state index is -1.55. The van der Waals surface area contributed by atoms with Crippen molar-refractivity contribution in [1.82, 2.24) is 0 Å². The lowest BCUT2D eigenvalue weighted by atomic mass is 10.1. The van der Waals surface area contributed by atoms with Crippen LogP contribution in [-0.2, 0) is 0 Å². The Labute approximate surface area is 113 Å². The molecule has 0 spiro atoms. The van der Waals surface area contributed by atoms with E-state index in [0.29, 0.717) is 0 Å². The van der Waals surface area contributed by atoms with Gasteiger partial charge in [0.1, 0.15) is 13.8 Å². The lowest BCUT2D eigenvalue weighted by molar-refractivity contribution is 0.415. The quantitative estimate of drug-likeness (QED) is 0.726. The number of methoxy groups -OCH3 is 1. The Balaban J connectivity index is 2.33. The van der Waals surface area contributed by atoms with Gasteiger partial charge in [-0.2, -0.15) is 0 Å². The van der Waals surface area contributed by atoms with Crippen LogP contribution in [-0.4, -0.2) is 15.2 Å². The molecule has 1 aliphatic heterocycles. The molecule has 2 aromatic carbocycles. The molecule has 0 saturated carbocycles. The molecule has 0 N–H and O–H groups in total. The van der Waals surface area contributed by atoms with Gasteiger partial charge in [0.2, 0.25) is 0 Å². The van der Waals surface area contributed by atoms with Crippen molar-refractivity contribution in [1.29, 1.82) is 0 Å². The van der Waals surface area contributed by atoms with E-state index in [-0.39, 0.29) is 0 Å². The number of ether oxygens (including phenoxy) is 1. The van der Waals surface area contributed by atoms with E-state index in [4.69, 9.17) is 16.3 Å². The first-order valence-electron chi connectivity index (χ1n) is 6.03. The molecule has 0 atom stereocenters. The van der Waals surface area contributed by atoms with E-state index in [9.17, 15) is 0 Å². The summed E-state index contributed by atoms with van der Waals surface area (Å²) in [5, 5.41) is 3.74. The second-order valence-electron chi connectivity index (χ2n) is 5.23. The summed E-state index contributed by atoms with van der Waals surface area (Å²) in [4.78, 5) is 0. The zero-order valence-electron chi connectivity index (χ0n) is 10.8. The summed E-state index contributed by atoms with van der Waals surface area (Å²) in [6, 6.07) is 12.7. The maximum absolute atomic E-state index is 6.14. The molecule has 0 bridgehead atoms. The summed E-state index contributed by atoms with van der Waals surface area (Å²) < 4.78 is 5.34. The van der Waals surface area contributed by atoms with Crippen molar-refractivity contribution in [3.63, 3.8) is 0 Å². The number of fused-ring (bicyclic) bond motifs is 3. The van der Waals surface area contributed by atoms with Gasteiger partial charge >= 0.3 is 0 Å². The molecule has 3 heteroatoms. The van der Waals surface area contributed by atoms with Gasteiger partial charge in [-0.1, -0.05) is 36.8 Å². The van der Waals surface area contributed by atoms with E-state index in [1.165, 1.54) is 21.5 Å². The first-order valence-corrected chi connectivity index (χ1v) is 9.41. The van der Waals surface area contributed by atoms with Gasteiger partial charge in [-0.25, -0.2) is 0 Å². The van der Waals surface area contributed by atoms with E-state index in [1.54, 1.807) is 7.11 Å². The highest BCUT2D eigenvalue weighted by atomic mass is 35.5. The maximum Gasteiger partial charge on any atom is 0.119 e. The van der Waals surface area contributed by atoms with Crippen molar-refractivity contribution < 1.29 is 4.74 Å². The second kappa shape index (κ2) is 3.87. The van der Waals surface area contributed by atoms with Crippen molar-refractivity contribution in [3.05, 3.63) is 41.4 Å². The molecule has 2 aromatic rings. The summed E-state index contributed by atoms with van der Waals surface area (Å²) in [5.74, 6) is 0.909. The highest BCUT2D eigenvalue weighted by Gasteiger charge is 2.37. The first-order chi connectivity index (χ1) is 8.54. The number of benzene rings is 2. The third kappa shape index (κ3) is 1.53. The molecular formula is C15H15ClOSi. The lowest BCUT2D eigenvalue weighted by Gasteiger charge is -2.18. The monoisotopic (exact) mass is 274 g/mol. The average Bonchev–Trinajstić information content (AvgIpc) is 2.58. The van der Waals surface area contributed by atoms with Crippen LogP contribution in [0.5, 0.6) is 5.75 Å². The Bertz CT molecular complexity index is 634. The van der Waals surface area contributed by atoms with Gasteiger partial charge in [-0.05, 0) is 45.8 Å². The Hall–Kier alpha value is -1.25. The summed E-state index contributed by atoms with van der Waals surface area (Å²) in [6.07, 6.45) is 0. The van der Waals surface area contributed by atoms with Crippen molar-refractivity contribution in [2.75, 3.05) is 7.11 Å². The molecule has 0 aliphatic carbocycles. The van der Waals surface area contributed by atoms with Gasteiger partial charge in [0.05, 0.1) is 7.11 Å². The molecule has 0 aromatic heterocycles. The second-order valence-corrected chi connectivity index (χ2v) is 9.99. The minimum absolute atomic E-state index is 0.800. The molecule has 1 nitrogen and oxygen atoms in total. The van der Waals surface area contributed by atoms with Gasteiger partial charge in [-0.3, -0.25) is 0 Å². The molecule has 3 rings (SSSR count). The molecular weight excluding hydrogens is 260 g/mol. The number of halogens is 1. The Kier molecular flexibility index (Phi) is 2.54. The van der Waals surface area contributed by atoms with E-state index in [0.717, 1.165) is 10.8 Å². The van der Waals surface area contributed by atoms with Crippen LogP contribution in [0.2, 0.25) is 18.1 Å². The molecule has 0 amide bonds. The van der Waals surface area contributed by atoms with E-state index in [1.807, 2.05) is 6.07 Å². The zero-order chi connectivity index (χ0) is 12.9. The fraction of sp³-hybridized carbons (Fsp3) is 0.200. The summed E-state index contributed by atoms with van der Waals surface area (Å²) in [6.45, 7) is 4.77. The van der Waals surface area contributed by atoms with Gasteiger partial charge in [0, 0.05) is 5.02 Å². The predicted octanol–water partition coefficient (Wildman–Crippen LogP) is 3.15. The van der Waals surface area contributed by atoms with Crippen molar-refractivity contribution >= 4 is 30.0 Å². The van der Waals surface area contributed by atoms with Gasteiger partial charge in [0.25, 0.3) is 0 Å². The molecule has 92 valence electrons. The largest absolute Gasteiger partial charge is 0.497 e. The Morgan fingerprint density at radius 2 is 1.56 bits per heavy atom. The fourth-order valence-electron chi connectivity index (χ4n) is 2.85. The zero-order valence-corrected chi connectivity index (χ0v) is 12.5. The number of hydrogen-bond acceptors (Lipinski definition) is 1. The first kappa shape index (κ1) is 11.8.